The van der Waals surface area contributed by atoms with Crippen molar-refractivity contribution >= 4 is 17.1 Å². The Bertz CT molecular complexity index is 2360. The minimum Gasteiger partial charge on any atom is -0.310 e. The van der Waals surface area contributed by atoms with E-state index in [1.54, 1.807) is 0 Å². The van der Waals surface area contributed by atoms with Gasteiger partial charge in [-0.3, -0.25) is 0 Å². The molecule has 8 aromatic carbocycles. The second kappa shape index (κ2) is 12.5. The summed E-state index contributed by atoms with van der Waals surface area (Å²) in [5.74, 6) is 0. The first-order valence-corrected chi connectivity index (χ1v) is 17.3. The van der Waals surface area contributed by atoms with Gasteiger partial charge in [-0.1, -0.05) is 182 Å². The average Bonchev–Trinajstić information content (AvgIpc) is 3.50. The van der Waals surface area contributed by atoms with Crippen LogP contribution in [0.15, 0.2) is 212 Å². The van der Waals surface area contributed by atoms with E-state index in [2.05, 4.69) is 217 Å². The van der Waals surface area contributed by atoms with Crippen molar-refractivity contribution in [3.8, 4) is 33.4 Å². The third-order valence-electron chi connectivity index (χ3n) is 10.2. The second-order valence-corrected chi connectivity index (χ2v) is 12.9. The van der Waals surface area contributed by atoms with Gasteiger partial charge in [0.05, 0.1) is 11.1 Å². The van der Waals surface area contributed by atoms with Crippen LogP contribution in [-0.2, 0) is 5.41 Å². The van der Waals surface area contributed by atoms with Crippen LogP contribution in [0.3, 0.4) is 0 Å². The summed E-state index contributed by atoms with van der Waals surface area (Å²) in [7, 11) is 0. The molecule has 1 nitrogen and oxygen atoms in total. The van der Waals surface area contributed by atoms with Crippen LogP contribution in [0.4, 0.5) is 17.1 Å². The van der Waals surface area contributed by atoms with Gasteiger partial charge in [-0.15, -0.1) is 0 Å². The number of hydrogen-bond donors (Lipinski definition) is 0. The zero-order chi connectivity index (χ0) is 33.3. The molecule has 0 aromatic heterocycles. The minimum atomic E-state index is -0.480. The van der Waals surface area contributed by atoms with Crippen molar-refractivity contribution in [3.05, 3.63) is 235 Å². The molecule has 0 saturated heterocycles. The van der Waals surface area contributed by atoms with Crippen molar-refractivity contribution in [1.82, 2.24) is 0 Å². The molecule has 1 aliphatic carbocycles. The van der Waals surface area contributed by atoms with Crippen LogP contribution >= 0.6 is 0 Å². The van der Waals surface area contributed by atoms with Gasteiger partial charge in [0.1, 0.15) is 0 Å². The number of para-hydroxylation sites is 1. The summed E-state index contributed by atoms with van der Waals surface area (Å²) < 4.78 is 0. The van der Waals surface area contributed by atoms with E-state index < -0.39 is 5.41 Å². The Morgan fingerprint density at radius 1 is 0.300 bits per heavy atom. The molecule has 0 amide bonds. The third-order valence-corrected chi connectivity index (χ3v) is 10.2. The quantitative estimate of drug-likeness (QED) is 0.168. The van der Waals surface area contributed by atoms with E-state index in [1.807, 2.05) is 0 Å². The summed E-state index contributed by atoms with van der Waals surface area (Å²) >= 11 is 0. The number of rotatable bonds is 7. The van der Waals surface area contributed by atoms with E-state index >= 15 is 0 Å². The Morgan fingerprint density at radius 2 is 0.760 bits per heavy atom. The van der Waals surface area contributed by atoms with Gasteiger partial charge in [-0.25, -0.2) is 0 Å². The fourth-order valence-corrected chi connectivity index (χ4v) is 7.96. The van der Waals surface area contributed by atoms with Crippen molar-refractivity contribution in [2.75, 3.05) is 4.90 Å². The molecule has 0 N–H and O–H groups in total. The molecular weight excluding hydrogens is 603 g/mol. The first kappa shape index (κ1) is 29.7. The van der Waals surface area contributed by atoms with Gasteiger partial charge in [0.2, 0.25) is 0 Å². The molecule has 236 valence electrons. The standard InChI is InChI=1S/C49H35N/c1-5-17-36(18-6-1)37-29-31-41(32-30-37)50(48-28-16-14-25-43(48)38-19-7-2-8-20-38)42-33-34-45-44-26-13-15-27-46(44)49(47(45)35-42,39-21-9-3-10-22-39)40-23-11-4-12-24-40/h1-35H. The maximum Gasteiger partial charge on any atom is 0.0714 e. The maximum absolute atomic E-state index is 2.45. The smallest absolute Gasteiger partial charge is 0.0714 e. The van der Waals surface area contributed by atoms with Gasteiger partial charge in [0.25, 0.3) is 0 Å². The van der Waals surface area contributed by atoms with Crippen molar-refractivity contribution in [2.24, 2.45) is 0 Å². The van der Waals surface area contributed by atoms with E-state index in [9.17, 15) is 0 Å². The van der Waals surface area contributed by atoms with Crippen LogP contribution in [0.1, 0.15) is 22.3 Å². The molecule has 0 saturated carbocycles. The lowest BCUT2D eigenvalue weighted by Gasteiger charge is -2.35. The average molecular weight is 638 g/mol. The van der Waals surface area contributed by atoms with Crippen molar-refractivity contribution in [1.29, 1.82) is 0 Å². The highest BCUT2D eigenvalue weighted by atomic mass is 15.1. The molecule has 0 heterocycles. The summed E-state index contributed by atoms with van der Waals surface area (Å²) in [6.45, 7) is 0. The minimum absolute atomic E-state index is 0.480. The van der Waals surface area contributed by atoms with Crippen molar-refractivity contribution < 1.29 is 0 Å². The lowest BCUT2D eigenvalue weighted by atomic mass is 9.67. The number of fused-ring (bicyclic) bond motifs is 3. The summed E-state index contributed by atoms with van der Waals surface area (Å²) in [5.41, 5.74) is 15.3. The first-order chi connectivity index (χ1) is 24.8. The fraction of sp³-hybridized carbons (Fsp3) is 0.0204. The molecule has 0 unspecified atom stereocenters. The molecule has 9 rings (SSSR count). The molecule has 0 bridgehead atoms. The topological polar surface area (TPSA) is 3.24 Å². The predicted molar refractivity (Wildman–Crippen MR) is 209 cm³/mol. The third kappa shape index (κ3) is 4.86. The summed E-state index contributed by atoms with van der Waals surface area (Å²) in [6.07, 6.45) is 0. The normalized spacial score (nSPS) is 12.6. The van der Waals surface area contributed by atoms with Gasteiger partial charge in [0, 0.05) is 16.9 Å². The van der Waals surface area contributed by atoms with Gasteiger partial charge >= 0.3 is 0 Å². The van der Waals surface area contributed by atoms with Crippen LogP contribution in [0.2, 0.25) is 0 Å². The van der Waals surface area contributed by atoms with Gasteiger partial charge in [-0.2, -0.15) is 0 Å². The Kier molecular flexibility index (Phi) is 7.44. The van der Waals surface area contributed by atoms with Crippen LogP contribution in [0, 0.1) is 0 Å². The van der Waals surface area contributed by atoms with Gasteiger partial charge in [0.15, 0.2) is 0 Å². The molecule has 50 heavy (non-hydrogen) atoms. The summed E-state index contributed by atoms with van der Waals surface area (Å²) in [5, 5.41) is 0. The SMILES string of the molecule is c1ccc(-c2ccc(N(c3ccc4c(c3)C(c3ccccc3)(c3ccccc3)c3ccccc3-4)c3ccccc3-c3ccccc3)cc2)cc1. The Hall–Kier alpha value is -6.44. The van der Waals surface area contributed by atoms with Crippen molar-refractivity contribution in [2.45, 2.75) is 5.41 Å². The van der Waals surface area contributed by atoms with Gasteiger partial charge < -0.3 is 4.90 Å². The number of anilines is 3. The van der Waals surface area contributed by atoms with Gasteiger partial charge in [-0.05, 0) is 80.4 Å². The van der Waals surface area contributed by atoms with Crippen LogP contribution < -0.4 is 4.90 Å². The Balaban J connectivity index is 1.31. The lowest BCUT2D eigenvalue weighted by Crippen LogP contribution is -2.28. The Labute approximate surface area is 294 Å². The molecule has 8 aromatic rings. The number of hydrogen-bond acceptors (Lipinski definition) is 1. The second-order valence-electron chi connectivity index (χ2n) is 12.9. The Morgan fingerprint density at radius 3 is 1.40 bits per heavy atom. The van der Waals surface area contributed by atoms with E-state index in [4.69, 9.17) is 0 Å². The molecule has 0 atom stereocenters. The monoisotopic (exact) mass is 637 g/mol. The molecule has 1 aliphatic rings. The predicted octanol–water partition coefficient (Wildman–Crippen LogP) is 12.9. The van der Waals surface area contributed by atoms with E-state index in [0.29, 0.717) is 0 Å². The summed E-state index contributed by atoms with van der Waals surface area (Å²) in [4.78, 5) is 2.43. The lowest BCUT2D eigenvalue weighted by molar-refractivity contribution is 0.768. The first-order valence-electron chi connectivity index (χ1n) is 17.3. The highest BCUT2D eigenvalue weighted by Gasteiger charge is 2.46. The largest absolute Gasteiger partial charge is 0.310 e. The maximum atomic E-state index is 2.45. The molecule has 1 heteroatoms. The highest BCUT2D eigenvalue weighted by molar-refractivity contribution is 5.92. The zero-order valence-corrected chi connectivity index (χ0v) is 27.7. The fourth-order valence-electron chi connectivity index (χ4n) is 7.96. The van der Waals surface area contributed by atoms with Crippen LogP contribution in [-0.4, -0.2) is 0 Å². The zero-order valence-electron chi connectivity index (χ0n) is 27.7. The molecule has 0 spiro atoms. The van der Waals surface area contributed by atoms with Crippen molar-refractivity contribution in [3.63, 3.8) is 0 Å². The molecular formula is C49H35N. The molecule has 0 aliphatic heterocycles. The summed E-state index contributed by atoms with van der Waals surface area (Å²) in [6, 6.07) is 77.2. The number of benzene rings is 8. The molecule has 0 fully saturated rings. The van der Waals surface area contributed by atoms with E-state index in [1.165, 1.54) is 55.6 Å². The number of nitrogens with zero attached hydrogens (tertiary/aromatic N) is 1. The molecule has 0 radical (unpaired) electrons. The van der Waals surface area contributed by atoms with E-state index in [-0.39, 0.29) is 0 Å². The van der Waals surface area contributed by atoms with Crippen LogP contribution in [0.5, 0.6) is 0 Å². The van der Waals surface area contributed by atoms with Crippen LogP contribution in [0.25, 0.3) is 33.4 Å². The highest BCUT2D eigenvalue weighted by Crippen LogP contribution is 2.57. The van der Waals surface area contributed by atoms with E-state index in [0.717, 1.165) is 17.1 Å².